The van der Waals surface area contributed by atoms with Crippen LogP contribution < -0.4 is 20.4 Å². The zero-order valence-corrected chi connectivity index (χ0v) is 21.8. The van der Waals surface area contributed by atoms with Gasteiger partial charge in [0.1, 0.15) is 17.5 Å². The van der Waals surface area contributed by atoms with Crippen LogP contribution in [0.2, 0.25) is 0 Å². The molecule has 3 aliphatic rings. The first-order valence-corrected chi connectivity index (χ1v) is 13.8. The molecular formula is C27H37FN6OS. The normalized spacial score (nSPS) is 20.1. The number of nitrogens with zero attached hydrogens (tertiary/aromatic N) is 4. The van der Waals surface area contributed by atoms with Gasteiger partial charge in [0.15, 0.2) is 5.11 Å². The highest BCUT2D eigenvalue weighted by Gasteiger charge is 2.34. The van der Waals surface area contributed by atoms with Crippen molar-refractivity contribution in [3.8, 4) is 0 Å². The molecule has 1 aromatic carbocycles. The Morgan fingerprint density at radius 2 is 1.44 bits per heavy atom. The maximum atomic E-state index is 13.6. The Balaban J connectivity index is 1.31. The highest BCUT2D eigenvalue weighted by molar-refractivity contribution is 7.80. The van der Waals surface area contributed by atoms with E-state index in [-0.39, 0.29) is 11.2 Å². The van der Waals surface area contributed by atoms with Gasteiger partial charge in [0, 0.05) is 57.4 Å². The van der Waals surface area contributed by atoms with Gasteiger partial charge in [-0.15, -0.1) is 0 Å². The van der Waals surface area contributed by atoms with E-state index in [1.165, 1.54) is 50.7 Å². The summed E-state index contributed by atoms with van der Waals surface area (Å²) in [5, 5.41) is 7.19. The van der Waals surface area contributed by atoms with Gasteiger partial charge in [0.2, 0.25) is 5.95 Å². The second-order valence-electron chi connectivity index (χ2n) is 10.2. The van der Waals surface area contributed by atoms with E-state index in [0.29, 0.717) is 30.8 Å². The molecule has 4 heterocycles. The summed E-state index contributed by atoms with van der Waals surface area (Å²) in [6.07, 6.45) is 9.05. The topological polar surface area (TPSA) is 65.6 Å². The number of rotatable bonds is 6. The zero-order chi connectivity index (χ0) is 24.8. The van der Waals surface area contributed by atoms with Crippen LogP contribution in [-0.2, 0) is 10.2 Å². The van der Waals surface area contributed by atoms with Gasteiger partial charge in [-0.2, -0.15) is 9.97 Å². The molecule has 0 spiro atoms. The fraction of sp³-hybridized carbons (Fsp3) is 0.593. The molecule has 7 nitrogen and oxygen atoms in total. The Morgan fingerprint density at radius 3 is 2.00 bits per heavy atom. The monoisotopic (exact) mass is 512 g/mol. The molecular weight excluding hydrogens is 475 g/mol. The van der Waals surface area contributed by atoms with Crippen LogP contribution in [0.25, 0.3) is 0 Å². The summed E-state index contributed by atoms with van der Waals surface area (Å²) in [7, 11) is 0. The number of halogens is 1. The summed E-state index contributed by atoms with van der Waals surface area (Å²) >= 11 is 5.70. The Morgan fingerprint density at radius 1 is 0.889 bits per heavy atom. The quantitative estimate of drug-likeness (QED) is 0.543. The molecule has 1 aromatic heterocycles. The first kappa shape index (κ1) is 25.1. The van der Waals surface area contributed by atoms with Crippen LogP contribution in [-0.4, -0.2) is 61.0 Å². The number of aromatic nitrogens is 2. The smallest absolute Gasteiger partial charge is 0.232 e. The average molecular weight is 513 g/mol. The molecule has 3 saturated heterocycles. The Labute approximate surface area is 218 Å². The third-order valence-corrected chi connectivity index (χ3v) is 8.02. The molecule has 0 radical (unpaired) electrons. The van der Waals surface area contributed by atoms with Crippen molar-refractivity contribution in [1.29, 1.82) is 0 Å². The summed E-state index contributed by atoms with van der Waals surface area (Å²) in [4.78, 5) is 14.5. The van der Waals surface area contributed by atoms with Gasteiger partial charge in [-0.05, 0) is 81.3 Å². The van der Waals surface area contributed by atoms with Gasteiger partial charge < -0.3 is 25.2 Å². The van der Waals surface area contributed by atoms with Crippen molar-refractivity contribution in [3.05, 3.63) is 41.7 Å². The van der Waals surface area contributed by atoms with Crippen LogP contribution in [0.1, 0.15) is 56.9 Å². The van der Waals surface area contributed by atoms with Crippen molar-refractivity contribution in [2.24, 2.45) is 0 Å². The number of benzene rings is 1. The molecule has 0 atom stereocenters. The fourth-order valence-electron chi connectivity index (χ4n) is 5.58. The molecule has 3 aliphatic heterocycles. The van der Waals surface area contributed by atoms with E-state index in [4.69, 9.17) is 26.9 Å². The van der Waals surface area contributed by atoms with Crippen LogP contribution >= 0.6 is 12.2 Å². The van der Waals surface area contributed by atoms with Crippen LogP contribution in [0.5, 0.6) is 0 Å². The summed E-state index contributed by atoms with van der Waals surface area (Å²) in [5.41, 5.74) is 0.950. The number of ether oxygens (including phenoxy) is 1. The predicted octanol–water partition coefficient (Wildman–Crippen LogP) is 4.63. The van der Waals surface area contributed by atoms with E-state index < -0.39 is 0 Å². The lowest BCUT2D eigenvalue weighted by molar-refractivity contribution is 0.0515. The molecule has 0 amide bonds. The van der Waals surface area contributed by atoms with Crippen molar-refractivity contribution in [2.45, 2.75) is 56.8 Å². The summed E-state index contributed by atoms with van der Waals surface area (Å²) in [5.74, 6) is 2.27. The summed E-state index contributed by atoms with van der Waals surface area (Å²) in [6.45, 7) is 6.11. The van der Waals surface area contributed by atoms with Crippen LogP contribution in [0.4, 0.5) is 22.0 Å². The van der Waals surface area contributed by atoms with Gasteiger partial charge in [-0.3, -0.25) is 0 Å². The molecule has 194 valence electrons. The molecule has 2 N–H and O–H groups in total. The second kappa shape index (κ2) is 11.7. The van der Waals surface area contributed by atoms with Gasteiger partial charge in [0.25, 0.3) is 0 Å². The molecule has 5 rings (SSSR count). The van der Waals surface area contributed by atoms with Crippen molar-refractivity contribution in [2.75, 3.05) is 61.1 Å². The first-order chi connectivity index (χ1) is 17.6. The maximum Gasteiger partial charge on any atom is 0.232 e. The molecule has 0 bridgehead atoms. The second-order valence-corrected chi connectivity index (χ2v) is 10.6. The lowest BCUT2D eigenvalue weighted by Gasteiger charge is -2.38. The number of nitrogens with one attached hydrogen (secondary N) is 2. The third-order valence-electron chi connectivity index (χ3n) is 7.78. The van der Waals surface area contributed by atoms with E-state index in [1.54, 1.807) is 0 Å². The van der Waals surface area contributed by atoms with Crippen LogP contribution in [0, 0.1) is 5.82 Å². The minimum absolute atomic E-state index is 0.160. The highest BCUT2D eigenvalue weighted by atomic mass is 32.1. The SMILES string of the molecule is Fc1ccc(C2(CNC(=S)Nc3nc(N4CCCCC4)cc(N4CCCCC4)n3)CCOCC2)cc1. The van der Waals surface area contributed by atoms with Crippen molar-refractivity contribution >= 4 is 34.9 Å². The minimum Gasteiger partial charge on any atom is -0.381 e. The summed E-state index contributed by atoms with van der Waals surface area (Å²) < 4.78 is 19.2. The lowest BCUT2D eigenvalue weighted by Crippen LogP contribution is -2.45. The molecule has 2 aromatic rings. The maximum absolute atomic E-state index is 13.6. The molecule has 36 heavy (non-hydrogen) atoms. The molecule has 0 aliphatic carbocycles. The standard InChI is InChI=1S/C27H37FN6OS/c28-22-9-7-21(8-10-22)27(11-17-35-18-12-27)20-29-26(36)32-25-30-23(33-13-3-1-4-14-33)19-24(31-25)34-15-5-2-6-16-34/h7-10,19H,1-6,11-18,20H2,(H2,29,30,31,32,36). The Bertz CT molecular complexity index is 981. The van der Waals surface area contributed by atoms with Crippen LogP contribution in [0.3, 0.4) is 0 Å². The van der Waals surface area contributed by atoms with E-state index in [0.717, 1.165) is 56.2 Å². The van der Waals surface area contributed by atoms with Gasteiger partial charge in [-0.25, -0.2) is 4.39 Å². The number of hydrogen-bond acceptors (Lipinski definition) is 6. The predicted molar refractivity (Wildman–Crippen MR) is 147 cm³/mol. The fourth-order valence-corrected chi connectivity index (χ4v) is 5.74. The van der Waals surface area contributed by atoms with Gasteiger partial charge in [-0.1, -0.05) is 12.1 Å². The Kier molecular flexibility index (Phi) is 8.16. The number of anilines is 3. The third kappa shape index (κ3) is 6.06. The summed E-state index contributed by atoms with van der Waals surface area (Å²) in [6, 6.07) is 8.98. The highest BCUT2D eigenvalue weighted by Crippen LogP contribution is 2.34. The zero-order valence-electron chi connectivity index (χ0n) is 21.0. The lowest BCUT2D eigenvalue weighted by atomic mass is 9.74. The van der Waals surface area contributed by atoms with E-state index in [1.807, 2.05) is 12.1 Å². The number of thiocarbonyl (C=S) groups is 1. The molecule has 0 unspecified atom stereocenters. The van der Waals surface area contributed by atoms with Crippen LogP contribution in [0.15, 0.2) is 30.3 Å². The Hall–Kier alpha value is -2.52. The largest absolute Gasteiger partial charge is 0.381 e. The number of piperidine rings is 2. The number of hydrogen-bond donors (Lipinski definition) is 2. The average Bonchev–Trinajstić information content (AvgIpc) is 2.93. The van der Waals surface area contributed by atoms with Gasteiger partial charge >= 0.3 is 0 Å². The van der Waals surface area contributed by atoms with Crippen molar-refractivity contribution in [1.82, 2.24) is 15.3 Å². The van der Waals surface area contributed by atoms with Crippen molar-refractivity contribution in [3.63, 3.8) is 0 Å². The molecule has 3 fully saturated rings. The molecule has 0 saturated carbocycles. The molecule has 9 heteroatoms. The van der Waals surface area contributed by atoms with Gasteiger partial charge in [0.05, 0.1) is 0 Å². The van der Waals surface area contributed by atoms with E-state index >= 15 is 0 Å². The first-order valence-electron chi connectivity index (χ1n) is 13.4. The minimum atomic E-state index is -0.221. The van der Waals surface area contributed by atoms with E-state index in [2.05, 4.69) is 26.5 Å². The van der Waals surface area contributed by atoms with Crippen molar-refractivity contribution < 1.29 is 9.13 Å². The van der Waals surface area contributed by atoms with E-state index in [9.17, 15) is 4.39 Å².